The summed E-state index contributed by atoms with van der Waals surface area (Å²) >= 11 is 1.71. The van der Waals surface area contributed by atoms with Crippen LogP contribution in [0.25, 0.3) is 10.1 Å². The van der Waals surface area contributed by atoms with Gasteiger partial charge in [0.05, 0.1) is 13.7 Å². The lowest BCUT2D eigenvalue weighted by atomic mass is 10.1. The van der Waals surface area contributed by atoms with Crippen molar-refractivity contribution in [1.82, 2.24) is 0 Å². The number of methoxy groups -OCH3 is 2. The Hall–Kier alpha value is -1.10. The Labute approximate surface area is 98.8 Å². The highest BCUT2D eigenvalue weighted by Crippen LogP contribution is 2.34. The molecule has 1 aromatic heterocycles. The normalized spacial score (nSPS) is 10.9. The van der Waals surface area contributed by atoms with Gasteiger partial charge in [-0.3, -0.25) is 0 Å². The van der Waals surface area contributed by atoms with Gasteiger partial charge in [0.25, 0.3) is 0 Å². The van der Waals surface area contributed by atoms with Gasteiger partial charge < -0.3 is 15.2 Å². The number of rotatable bonds is 4. The minimum absolute atomic E-state index is 0.556. The van der Waals surface area contributed by atoms with Crippen LogP contribution in [0.3, 0.4) is 0 Å². The zero-order valence-corrected chi connectivity index (χ0v) is 10.3. The maximum Gasteiger partial charge on any atom is 0.120 e. The highest BCUT2D eigenvalue weighted by atomic mass is 32.1. The number of hydrogen-bond donors (Lipinski definition) is 1. The van der Waals surface area contributed by atoms with Crippen LogP contribution in [-0.2, 0) is 17.9 Å². The number of thiophene rings is 1. The second-order valence-corrected chi connectivity index (χ2v) is 4.64. The first-order chi connectivity index (χ1) is 7.80. The summed E-state index contributed by atoms with van der Waals surface area (Å²) in [6, 6.07) is 6.07. The van der Waals surface area contributed by atoms with Gasteiger partial charge in [-0.05, 0) is 23.6 Å². The molecule has 4 heteroatoms. The molecule has 0 aliphatic heterocycles. The zero-order valence-electron chi connectivity index (χ0n) is 9.45. The molecule has 0 atom stereocenters. The molecule has 2 rings (SSSR count). The largest absolute Gasteiger partial charge is 0.497 e. The molecule has 1 heterocycles. The molecule has 0 amide bonds. The van der Waals surface area contributed by atoms with E-state index in [-0.39, 0.29) is 0 Å². The van der Waals surface area contributed by atoms with Crippen molar-refractivity contribution in [2.24, 2.45) is 5.73 Å². The Bertz CT molecular complexity index is 493. The molecule has 1 aromatic carbocycles. The molecule has 0 fully saturated rings. The van der Waals surface area contributed by atoms with Gasteiger partial charge in [-0.15, -0.1) is 11.3 Å². The van der Waals surface area contributed by atoms with Gasteiger partial charge in [0.2, 0.25) is 0 Å². The smallest absolute Gasteiger partial charge is 0.120 e. The molecule has 0 aliphatic carbocycles. The third-order valence-corrected chi connectivity index (χ3v) is 3.77. The lowest BCUT2D eigenvalue weighted by molar-refractivity contribution is 0.185. The van der Waals surface area contributed by atoms with Gasteiger partial charge in [-0.1, -0.05) is 0 Å². The Balaban J connectivity index is 2.58. The third-order valence-electron chi connectivity index (χ3n) is 2.56. The van der Waals surface area contributed by atoms with Crippen molar-refractivity contribution in [2.45, 2.75) is 13.2 Å². The van der Waals surface area contributed by atoms with Crippen LogP contribution in [0, 0.1) is 0 Å². The van der Waals surface area contributed by atoms with Gasteiger partial charge in [0, 0.05) is 28.8 Å². The van der Waals surface area contributed by atoms with Crippen molar-refractivity contribution in [2.75, 3.05) is 14.2 Å². The predicted octanol–water partition coefficient (Wildman–Crippen LogP) is 2.52. The van der Waals surface area contributed by atoms with E-state index in [1.165, 1.54) is 20.5 Å². The number of nitrogens with two attached hydrogens (primary N) is 1. The van der Waals surface area contributed by atoms with Crippen molar-refractivity contribution in [3.05, 3.63) is 28.6 Å². The molecule has 2 N–H and O–H groups in total. The Kier molecular flexibility index (Phi) is 3.43. The second kappa shape index (κ2) is 4.82. The maximum atomic E-state index is 5.74. The highest BCUT2D eigenvalue weighted by molar-refractivity contribution is 7.19. The lowest BCUT2D eigenvalue weighted by Gasteiger charge is -2.02. The minimum Gasteiger partial charge on any atom is -0.497 e. The molecule has 2 aromatic rings. The summed E-state index contributed by atoms with van der Waals surface area (Å²) in [5.74, 6) is 0.876. The zero-order chi connectivity index (χ0) is 11.5. The SMILES string of the molecule is COCc1c(CN)sc2cc(OC)ccc12. The maximum absolute atomic E-state index is 5.74. The fourth-order valence-electron chi connectivity index (χ4n) is 1.78. The first kappa shape index (κ1) is 11.4. The van der Waals surface area contributed by atoms with Crippen molar-refractivity contribution < 1.29 is 9.47 Å². The standard InChI is InChI=1S/C12H15NO2S/c1-14-7-10-9-4-3-8(15-2)5-11(9)16-12(10)6-13/h3-5H,6-7,13H2,1-2H3. The summed E-state index contributed by atoms with van der Waals surface area (Å²) < 4.78 is 11.6. The predicted molar refractivity (Wildman–Crippen MR) is 67.0 cm³/mol. The van der Waals surface area contributed by atoms with E-state index in [0.717, 1.165) is 5.75 Å². The van der Waals surface area contributed by atoms with E-state index in [1.807, 2.05) is 12.1 Å². The average Bonchev–Trinajstić information content (AvgIpc) is 2.67. The average molecular weight is 237 g/mol. The first-order valence-electron chi connectivity index (χ1n) is 5.07. The molecule has 0 bridgehead atoms. The van der Waals surface area contributed by atoms with Gasteiger partial charge in [-0.25, -0.2) is 0 Å². The van der Waals surface area contributed by atoms with E-state index in [2.05, 4.69) is 6.07 Å². The molecule has 0 aliphatic rings. The molecule has 0 saturated heterocycles. The third kappa shape index (κ3) is 1.91. The first-order valence-corrected chi connectivity index (χ1v) is 5.89. The van der Waals surface area contributed by atoms with Crippen LogP contribution in [0.4, 0.5) is 0 Å². The number of hydrogen-bond acceptors (Lipinski definition) is 4. The van der Waals surface area contributed by atoms with Gasteiger partial charge >= 0.3 is 0 Å². The van der Waals surface area contributed by atoms with E-state index in [0.29, 0.717) is 13.2 Å². The van der Waals surface area contributed by atoms with E-state index < -0.39 is 0 Å². The molecule has 0 radical (unpaired) electrons. The minimum atomic E-state index is 0.556. The fraction of sp³-hybridized carbons (Fsp3) is 0.333. The summed E-state index contributed by atoms with van der Waals surface area (Å²) in [6.07, 6.45) is 0. The van der Waals surface area contributed by atoms with Crippen LogP contribution in [0.2, 0.25) is 0 Å². The van der Waals surface area contributed by atoms with E-state index in [1.54, 1.807) is 25.6 Å². The van der Waals surface area contributed by atoms with E-state index >= 15 is 0 Å². The van der Waals surface area contributed by atoms with Crippen LogP contribution in [0.5, 0.6) is 5.75 Å². The monoisotopic (exact) mass is 237 g/mol. The molecule has 0 unspecified atom stereocenters. The van der Waals surface area contributed by atoms with Gasteiger partial charge in [0.15, 0.2) is 0 Å². The summed E-state index contributed by atoms with van der Waals surface area (Å²) in [4.78, 5) is 1.19. The van der Waals surface area contributed by atoms with Crippen LogP contribution in [0.15, 0.2) is 18.2 Å². The second-order valence-electron chi connectivity index (χ2n) is 3.50. The molecular weight excluding hydrogens is 222 g/mol. The van der Waals surface area contributed by atoms with Crippen LogP contribution in [-0.4, -0.2) is 14.2 Å². The summed E-state index contributed by atoms with van der Waals surface area (Å²) in [7, 11) is 3.38. The summed E-state index contributed by atoms with van der Waals surface area (Å²) in [5, 5.41) is 1.22. The Morgan fingerprint density at radius 3 is 2.75 bits per heavy atom. The summed E-state index contributed by atoms with van der Waals surface area (Å²) in [6.45, 7) is 1.17. The fourth-order valence-corrected chi connectivity index (χ4v) is 2.89. The lowest BCUT2D eigenvalue weighted by Crippen LogP contribution is -1.98. The molecule has 0 spiro atoms. The quantitative estimate of drug-likeness (QED) is 0.888. The van der Waals surface area contributed by atoms with Crippen LogP contribution in [0.1, 0.15) is 10.4 Å². The molecule has 3 nitrogen and oxygen atoms in total. The van der Waals surface area contributed by atoms with E-state index in [9.17, 15) is 0 Å². The van der Waals surface area contributed by atoms with Crippen molar-refractivity contribution >= 4 is 21.4 Å². The summed E-state index contributed by atoms with van der Waals surface area (Å²) in [5.41, 5.74) is 6.94. The number of fused-ring (bicyclic) bond motifs is 1. The topological polar surface area (TPSA) is 44.5 Å². The molecular formula is C12H15NO2S. The molecule has 16 heavy (non-hydrogen) atoms. The van der Waals surface area contributed by atoms with Gasteiger partial charge in [0.1, 0.15) is 5.75 Å². The molecule has 0 saturated carbocycles. The van der Waals surface area contributed by atoms with E-state index in [4.69, 9.17) is 15.2 Å². The van der Waals surface area contributed by atoms with Crippen molar-refractivity contribution in [3.63, 3.8) is 0 Å². The highest BCUT2D eigenvalue weighted by Gasteiger charge is 2.11. The number of benzene rings is 1. The van der Waals surface area contributed by atoms with Crippen LogP contribution >= 0.6 is 11.3 Å². The van der Waals surface area contributed by atoms with Crippen molar-refractivity contribution in [3.8, 4) is 5.75 Å². The number of ether oxygens (including phenoxy) is 2. The Morgan fingerprint density at radius 1 is 1.31 bits per heavy atom. The van der Waals surface area contributed by atoms with Crippen molar-refractivity contribution in [1.29, 1.82) is 0 Å². The van der Waals surface area contributed by atoms with Gasteiger partial charge in [-0.2, -0.15) is 0 Å². The van der Waals surface area contributed by atoms with Crippen LogP contribution < -0.4 is 10.5 Å². The molecule has 86 valence electrons. The Morgan fingerprint density at radius 2 is 2.12 bits per heavy atom.